The van der Waals surface area contributed by atoms with Gasteiger partial charge in [-0.3, -0.25) is 4.79 Å². The minimum Gasteiger partial charge on any atom is -0.465 e. The Balaban J connectivity index is 2.19. The number of esters is 1. The van der Waals surface area contributed by atoms with E-state index in [1.165, 1.54) is 12.0 Å². The number of ether oxygens (including phenoxy) is 1. The van der Waals surface area contributed by atoms with E-state index < -0.39 is 12.1 Å². The van der Waals surface area contributed by atoms with Gasteiger partial charge in [0.1, 0.15) is 6.10 Å². The third kappa shape index (κ3) is 2.14. The minimum atomic E-state index is -0.907. The maximum absolute atomic E-state index is 11.6. The smallest absolute Gasteiger partial charge is 0.337 e. The van der Waals surface area contributed by atoms with Gasteiger partial charge in [-0.05, 0) is 24.3 Å². The van der Waals surface area contributed by atoms with Crippen molar-refractivity contribution in [2.75, 3.05) is 18.6 Å². The molecule has 0 aromatic heterocycles. The summed E-state index contributed by atoms with van der Waals surface area (Å²) in [6.07, 6.45) is -0.465. The summed E-state index contributed by atoms with van der Waals surface area (Å²) in [6.45, 7) is 0.498. The average Bonchev–Trinajstić information content (AvgIpc) is 2.69. The number of carbonyl (C=O) groups is 2. The molecule has 0 bridgehead atoms. The molecule has 0 radical (unpaired) electrons. The Kier molecular flexibility index (Phi) is 3.10. The second-order valence-corrected chi connectivity index (χ2v) is 3.83. The molecule has 0 spiro atoms. The van der Waals surface area contributed by atoms with E-state index in [0.717, 1.165) is 0 Å². The molecule has 90 valence electrons. The first-order valence-electron chi connectivity index (χ1n) is 5.31. The first-order chi connectivity index (χ1) is 8.13. The van der Waals surface area contributed by atoms with Crippen LogP contribution in [0.4, 0.5) is 5.69 Å². The van der Waals surface area contributed by atoms with Gasteiger partial charge in [0.15, 0.2) is 0 Å². The number of amides is 1. The number of methoxy groups -OCH3 is 1. The summed E-state index contributed by atoms with van der Waals surface area (Å²) < 4.78 is 4.58. The molecule has 5 heteroatoms. The highest BCUT2D eigenvalue weighted by atomic mass is 16.5. The fraction of sp³-hybridized carbons (Fsp3) is 0.333. The van der Waals surface area contributed by atoms with E-state index in [1.807, 2.05) is 0 Å². The van der Waals surface area contributed by atoms with E-state index in [9.17, 15) is 14.7 Å². The Morgan fingerprint density at radius 3 is 2.53 bits per heavy atom. The highest BCUT2D eigenvalue weighted by Crippen LogP contribution is 2.22. The first-order valence-corrected chi connectivity index (χ1v) is 5.31. The largest absolute Gasteiger partial charge is 0.465 e. The molecule has 17 heavy (non-hydrogen) atoms. The third-order valence-electron chi connectivity index (χ3n) is 2.78. The molecule has 1 fully saturated rings. The summed E-state index contributed by atoms with van der Waals surface area (Å²) in [5, 5.41) is 9.34. The summed E-state index contributed by atoms with van der Waals surface area (Å²) in [6, 6.07) is 6.53. The molecule has 1 unspecified atom stereocenters. The molecule has 5 nitrogen and oxygen atoms in total. The van der Waals surface area contributed by atoms with Crippen molar-refractivity contribution in [3.8, 4) is 0 Å². The van der Waals surface area contributed by atoms with Crippen LogP contribution in [0.3, 0.4) is 0 Å². The van der Waals surface area contributed by atoms with Crippen molar-refractivity contribution < 1.29 is 19.4 Å². The van der Waals surface area contributed by atoms with Crippen molar-refractivity contribution in [3.05, 3.63) is 29.8 Å². The number of hydrogen-bond acceptors (Lipinski definition) is 4. The summed E-state index contributed by atoms with van der Waals surface area (Å²) in [4.78, 5) is 24.3. The van der Waals surface area contributed by atoms with Crippen molar-refractivity contribution in [2.24, 2.45) is 0 Å². The van der Waals surface area contributed by atoms with Crippen molar-refractivity contribution in [2.45, 2.75) is 12.5 Å². The lowest BCUT2D eigenvalue weighted by atomic mass is 10.2. The summed E-state index contributed by atoms with van der Waals surface area (Å²) in [5.74, 6) is -0.708. The third-order valence-corrected chi connectivity index (χ3v) is 2.78. The van der Waals surface area contributed by atoms with Crippen LogP contribution in [0.1, 0.15) is 16.8 Å². The first kappa shape index (κ1) is 11.6. The Hall–Kier alpha value is -1.88. The number of nitrogens with zero attached hydrogens (tertiary/aromatic N) is 1. The van der Waals surface area contributed by atoms with Gasteiger partial charge in [0.05, 0.1) is 12.7 Å². The second kappa shape index (κ2) is 4.55. The van der Waals surface area contributed by atoms with Gasteiger partial charge in [0, 0.05) is 18.7 Å². The highest BCUT2D eigenvalue weighted by Gasteiger charge is 2.30. The lowest BCUT2D eigenvalue weighted by Gasteiger charge is -2.15. The normalized spacial score (nSPS) is 19.5. The summed E-state index contributed by atoms with van der Waals surface area (Å²) in [7, 11) is 1.32. The number of anilines is 1. The van der Waals surface area contributed by atoms with Crippen LogP contribution in [0.25, 0.3) is 0 Å². The van der Waals surface area contributed by atoms with Crippen LogP contribution < -0.4 is 4.90 Å². The van der Waals surface area contributed by atoms with Crippen LogP contribution in [0.15, 0.2) is 24.3 Å². The van der Waals surface area contributed by atoms with E-state index >= 15 is 0 Å². The molecular formula is C12H13NO4. The molecule has 1 N–H and O–H groups in total. The molecule has 1 aromatic carbocycles. The topological polar surface area (TPSA) is 66.8 Å². The monoisotopic (exact) mass is 235 g/mol. The van der Waals surface area contributed by atoms with E-state index in [1.54, 1.807) is 24.3 Å². The molecule has 2 rings (SSSR count). The predicted molar refractivity (Wildman–Crippen MR) is 60.8 cm³/mol. The van der Waals surface area contributed by atoms with E-state index in [4.69, 9.17) is 0 Å². The van der Waals surface area contributed by atoms with Crippen LogP contribution >= 0.6 is 0 Å². The number of rotatable bonds is 2. The van der Waals surface area contributed by atoms with Crippen molar-refractivity contribution in [1.29, 1.82) is 0 Å². The Morgan fingerprint density at radius 1 is 1.41 bits per heavy atom. The van der Waals surface area contributed by atoms with Crippen LogP contribution in [-0.2, 0) is 9.53 Å². The van der Waals surface area contributed by atoms with Crippen LogP contribution in [0.5, 0.6) is 0 Å². The minimum absolute atomic E-state index is 0.296. The molecule has 1 heterocycles. The number of benzene rings is 1. The van der Waals surface area contributed by atoms with Crippen molar-refractivity contribution >= 4 is 17.6 Å². The molecule has 1 atom stereocenters. The van der Waals surface area contributed by atoms with Gasteiger partial charge in [-0.25, -0.2) is 4.79 Å². The van der Waals surface area contributed by atoms with Crippen LogP contribution in [0, 0.1) is 0 Å². The van der Waals surface area contributed by atoms with E-state index in [-0.39, 0.29) is 5.91 Å². The highest BCUT2D eigenvalue weighted by molar-refractivity contribution is 5.99. The fourth-order valence-corrected chi connectivity index (χ4v) is 1.82. The van der Waals surface area contributed by atoms with Gasteiger partial charge in [-0.1, -0.05) is 0 Å². The lowest BCUT2D eigenvalue weighted by molar-refractivity contribution is -0.123. The quantitative estimate of drug-likeness (QED) is 0.761. The zero-order valence-electron chi connectivity index (χ0n) is 9.42. The second-order valence-electron chi connectivity index (χ2n) is 3.83. The zero-order valence-corrected chi connectivity index (χ0v) is 9.42. The van der Waals surface area contributed by atoms with Crippen LogP contribution in [0.2, 0.25) is 0 Å². The molecule has 1 aliphatic heterocycles. The molecule has 1 aliphatic rings. The fourth-order valence-electron chi connectivity index (χ4n) is 1.82. The zero-order chi connectivity index (χ0) is 12.4. The SMILES string of the molecule is COC(=O)c1ccc(N2CCC(O)C2=O)cc1. The van der Waals surface area contributed by atoms with Gasteiger partial charge < -0.3 is 14.7 Å². The maximum Gasteiger partial charge on any atom is 0.337 e. The standard InChI is InChI=1S/C12H13NO4/c1-17-12(16)8-2-4-9(5-3-8)13-7-6-10(14)11(13)15/h2-5,10,14H,6-7H2,1H3. The molecule has 1 saturated heterocycles. The summed E-state index contributed by atoms with van der Waals surface area (Å²) >= 11 is 0. The number of aliphatic hydroxyl groups is 1. The predicted octanol–water partition coefficient (Wildman–Crippen LogP) is 0.571. The molecule has 1 aromatic rings. The maximum atomic E-state index is 11.6. The van der Waals surface area contributed by atoms with Gasteiger partial charge in [-0.15, -0.1) is 0 Å². The Bertz CT molecular complexity index is 440. The van der Waals surface area contributed by atoms with E-state index in [2.05, 4.69) is 4.74 Å². The summed E-state index contributed by atoms with van der Waals surface area (Å²) in [5.41, 5.74) is 1.11. The average molecular weight is 235 g/mol. The van der Waals surface area contributed by atoms with Crippen LogP contribution in [-0.4, -0.2) is 36.7 Å². The molecule has 0 aliphatic carbocycles. The Labute approximate surface area is 98.6 Å². The number of aliphatic hydroxyl groups excluding tert-OH is 1. The van der Waals surface area contributed by atoms with Crippen molar-refractivity contribution in [3.63, 3.8) is 0 Å². The van der Waals surface area contributed by atoms with Gasteiger partial charge >= 0.3 is 5.97 Å². The molecule has 0 saturated carbocycles. The number of carbonyl (C=O) groups excluding carboxylic acids is 2. The van der Waals surface area contributed by atoms with Gasteiger partial charge in [0.2, 0.25) is 0 Å². The van der Waals surface area contributed by atoms with Crippen molar-refractivity contribution in [1.82, 2.24) is 0 Å². The van der Waals surface area contributed by atoms with Gasteiger partial charge in [0.25, 0.3) is 5.91 Å². The number of hydrogen-bond donors (Lipinski definition) is 1. The Morgan fingerprint density at radius 2 is 2.06 bits per heavy atom. The lowest BCUT2D eigenvalue weighted by Crippen LogP contribution is -2.29. The molecule has 1 amide bonds. The molecular weight excluding hydrogens is 222 g/mol. The van der Waals surface area contributed by atoms with E-state index in [0.29, 0.717) is 24.2 Å². The van der Waals surface area contributed by atoms with Gasteiger partial charge in [-0.2, -0.15) is 0 Å².